The number of imide groups is 1. The van der Waals surface area contributed by atoms with Crippen molar-refractivity contribution in [2.24, 2.45) is 0 Å². The summed E-state index contributed by atoms with van der Waals surface area (Å²) in [6.07, 6.45) is 2.64. The first-order valence-electron chi connectivity index (χ1n) is 6.39. The zero-order chi connectivity index (χ0) is 15.1. The van der Waals surface area contributed by atoms with Gasteiger partial charge in [-0.15, -0.1) is 0 Å². The molecule has 5 heteroatoms. The number of carbonyl (C=O) groups excluding carboxylic acids is 2. The van der Waals surface area contributed by atoms with E-state index in [4.69, 9.17) is 5.41 Å². The normalized spacial score (nSPS) is 13.5. The Morgan fingerprint density at radius 3 is 2.43 bits per heavy atom. The van der Waals surface area contributed by atoms with Gasteiger partial charge in [0.15, 0.2) is 0 Å². The first kappa shape index (κ1) is 13.1. The van der Waals surface area contributed by atoms with Crippen molar-refractivity contribution in [2.45, 2.75) is 0 Å². The van der Waals surface area contributed by atoms with Gasteiger partial charge in [-0.3, -0.25) is 19.9 Å². The van der Waals surface area contributed by atoms with Crippen molar-refractivity contribution in [1.82, 2.24) is 4.90 Å². The van der Waals surface area contributed by atoms with Crippen LogP contribution in [-0.4, -0.2) is 30.1 Å². The molecule has 0 unspecified atom stereocenters. The lowest BCUT2D eigenvalue weighted by molar-refractivity contribution is 0.0651. The smallest absolute Gasteiger partial charge is 0.261 e. The molecule has 0 saturated heterocycles. The van der Waals surface area contributed by atoms with Gasteiger partial charge in [-0.25, -0.2) is 0 Å². The minimum atomic E-state index is -0.310. The Morgan fingerprint density at radius 2 is 1.81 bits per heavy atom. The molecule has 0 aromatic heterocycles. The van der Waals surface area contributed by atoms with Crippen LogP contribution >= 0.6 is 0 Å². The fraction of sp³-hybridized carbons (Fsp3) is 0.0625. The zero-order valence-corrected chi connectivity index (χ0v) is 11.5. The third-order valence-corrected chi connectivity index (χ3v) is 3.70. The highest BCUT2D eigenvalue weighted by Crippen LogP contribution is 2.35. The van der Waals surface area contributed by atoms with E-state index in [0.29, 0.717) is 22.2 Å². The Hall–Kier alpha value is -2.95. The summed E-state index contributed by atoms with van der Waals surface area (Å²) in [5.74, 6) is -0.620. The van der Waals surface area contributed by atoms with Crippen LogP contribution in [0.25, 0.3) is 10.8 Å². The van der Waals surface area contributed by atoms with Gasteiger partial charge in [0.25, 0.3) is 11.8 Å². The molecule has 0 atom stereocenters. The lowest BCUT2D eigenvalue weighted by atomic mass is 9.93. The van der Waals surface area contributed by atoms with E-state index in [-0.39, 0.29) is 11.8 Å². The van der Waals surface area contributed by atoms with E-state index >= 15 is 0 Å². The second-order valence-corrected chi connectivity index (χ2v) is 4.75. The molecule has 0 radical (unpaired) electrons. The van der Waals surface area contributed by atoms with Gasteiger partial charge in [-0.1, -0.05) is 18.7 Å². The number of rotatable bonds is 3. The van der Waals surface area contributed by atoms with Gasteiger partial charge in [0, 0.05) is 35.1 Å². The van der Waals surface area contributed by atoms with E-state index in [2.05, 4.69) is 6.58 Å². The molecule has 1 N–H and O–H groups in total. The van der Waals surface area contributed by atoms with Crippen LogP contribution < -0.4 is 4.90 Å². The van der Waals surface area contributed by atoms with E-state index in [0.717, 1.165) is 16.6 Å². The summed E-state index contributed by atoms with van der Waals surface area (Å²) < 4.78 is 0. The van der Waals surface area contributed by atoms with Crippen LogP contribution in [0.2, 0.25) is 0 Å². The van der Waals surface area contributed by atoms with E-state index < -0.39 is 0 Å². The van der Waals surface area contributed by atoms with Crippen molar-refractivity contribution in [3.05, 3.63) is 54.2 Å². The number of hydrogen-bond acceptors (Lipinski definition) is 3. The summed E-state index contributed by atoms with van der Waals surface area (Å²) in [5, 5.41) is 8.83. The van der Waals surface area contributed by atoms with E-state index in [9.17, 15) is 9.59 Å². The topological polar surface area (TPSA) is 64.5 Å². The van der Waals surface area contributed by atoms with Gasteiger partial charge >= 0.3 is 0 Å². The molecule has 0 saturated carbocycles. The first-order valence-corrected chi connectivity index (χ1v) is 6.39. The van der Waals surface area contributed by atoms with Crippen molar-refractivity contribution < 1.29 is 9.59 Å². The van der Waals surface area contributed by atoms with Crippen LogP contribution in [0, 0.1) is 5.41 Å². The average Bonchev–Trinajstić information content (AvgIpc) is 2.52. The molecule has 3 rings (SSSR count). The van der Waals surface area contributed by atoms with Gasteiger partial charge in [0.05, 0.1) is 12.0 Å². The molecule has 2 aromatic carbocycles. The molecule has 1 aliphatic heterocycles. The van der Waals surface area contributed by atoms with Crippen LogP contribution in [-0.2, 0) is 0 Å². The van der Waals surface area contributed by atoms with Gasteiger partial charge in [0.2, 0.25) is 0 Å². The third kappa shape index (κ3) is 1.67. The van der Waals surface area contributed by atoms with E-state index in [1.165, 1.54) is 18.1 Å². The maximum Gasteiger partial charge on any atom is 0.261 e. The maximum atomic E-state index is 12.3. The molecule has 0 spiro atoms. The minimum Gasteiger partial charge on any atom is -0.308 e. The molecule has 1 aliphatic rings. The largest absolute Gasteiger partial charge is 0.308 e. The molecule has 0 bridgehead atoms. The van der Waals surface area contributed by atoms with Crippen LogP contribution in [0.3, 0.4) is 0 Å². The molecule has 0 aliphatic carbocycles. The van der Waals surface area contributed by atoms with E-state index in [1.54, 1.807) is 24.3 Å². The summed E-state index contributed by atoms with van der Waals surface area (Å²) in [6.45, 7) is 3.67. The fourth-order valence-electron chi connectivity index (χ4n) is 2.65. The Kier molecular flexibility index (Phi) is 2.83. The van der Waals surface area contributed by atoms with Crippen molar-refractivity contribution in [1.29, 1.82) is 5.41 Å². The quantitative estimate of drug-likeness (QED) is 0.533. The number of amides is 2. The van der Waals surface area contributed by atoms with Crippen molar-refractivity contribution in [2.75, 3.05) is 11.9 Å². The SMILES string of the molecule is C=CN(C=N)c1ccc2c3c(cccc13)C(=O)N(C)C2=O. The van der Waals surface area contributed by atoms with Gasteiger partial charge in [-0.2, -0.15) is 0 Å². The predicted octanol–water partition coefficient (Wildman–Crippen LogP) is 2.62. The molecule has 0 fully saturated rings. The first-order chi connectivity index (χ1) is 10.1. The highest BCUT2D eigenvalue weighted by Gasteiger charge is 2.30. The average molecular weight is 279 g/mol. The Labute approximate surface area is 121 Å². The van der Waals surface area contributed by atoms with Crippen LogP contribution in [0.15, 0.2) is 43.1 Å². The lowest BCUT2D eigenvalue weighted by Crippen LogP contribution is -2.37. The van der Waals surface area contributed by atoms with Crippen LogP contribution in [0.4, 0.5) is 5.69 Å². The highest BCUT2D eigenvalue weighted by molar-refractivity contribution is 6.27. The van der Waals surface area contributed by atoms with Crippen molar-refractivity contribution >= 4 is 34.6 Å². The standard InChI is InChI=1S/C16H13N3O2/c1-3-19(9-17)13-8-7-12-14-10(13)5-4-6-11(14)15(20)18(2)16(12)21/h3-9,17H,1H2,2H3. The summed E-state index contributed by atoms with van der Waals surface area (Å²) in [7, 11) is 1.48. The summed E-state index contributed by atoms with van der Waals surface area (Å²) in [4.78, 5) is 27.2. The number of benzene rings is 2. The molecule has 21 heavy (non-hydrogen) atoms. The Balaban J connectivity index is 2.43. The number of nitrogens with zero attached hydrogens (tertiary/aromatic N) is 2. The van der Waals surface area contributed by atoms with Gasteiger partial charge in [0.1, 0.15) is 0 Å². The predicted molar refractivity (Wildman–Crippen MR) is 81.8 cm³/mol. The second-order valence-electron chi connectivity index (χ2n) is 4.75. The summed E-state index contributed by atoms with van der Waals surface area (Å²) in [5.41, 5.74) is 1.71. The van der Waals surface area contributed by atoms with Crippen molar-refractivity contribution in [3.63, 3.8) is 0 Å². The second kappa shape index (κ2) is 4.56. The fourth-order valence-corrected chi connectivity index (χ4v) is 2.65. The molecule has 1 heterocycles. The molecule has 104 valence electrons. The maximum absolute atomic E-state index is 12.3. The highest BCUT2D eigenvalue weighted by atomic mass is 16.2. The lowest BCUT2D eigenvalue weighted by Gasteiger charge is -2.25. The monoisotopic (exact) mass is 279 g/mol. The van der Waals surface area contributed by atoms with Crippen LogP contribution in [0.1, 0.15) is 20.7 Å². The van der Waals surface area contributed by atoms with Gasteiger partial charge in [-0.05, 0) is 18.2 Å². The molecule has 2 amide bonds. The van der Waals surface area contributed by atoms with E-state index in [1.807, 2.05) is 6.07 Å². The third-order valence-electron chi connectivity index (χ3n) is 3.70. The molecular formula is C16H13N3O2. The number of anilines is 1. The molecular weight excluding hydrogens is 266 g/mol. The zero-order valence-electron chi connectivity index (χ0n) is 11.5. The number of nitrogens with one attached hydrogen (secondary N) is 1. The molecule has 5 nitrogen and oxygen atoms in total. The Bertz CT molecular complexity index is 780. The Morgan fingerprint density at radius 1 is 1.14 bits per heavy atom. The number of hydrogen-bond donors (Lipinski definition) is 1. The van der Waals surface area contributed by atoms with Gasteiger partial charge < -0.3 is 4.90 Å². The van der Waals surface area contributed by atoms with Crippen LogP contribution in [0.5, 0.6) is 0 Å². The number of carbonyl (C=O) groups is 2. The summed E-state index contributed by atoms with van der Waals surface area (Å²) in [6, 6.07) is 8.77. The summed E-state index contributed by atoms with van der Waals surface area (Å²) >= 11 is 0. The van der Waals surface area contributed by atoms with Crippen molar-refractivity contribution in [3.8, 4) is 0 Å². The minimum absolute atomic E-state index is 0.310. The molecule has 2 aromatic rings.